The molecule has 0 spiro atoms. The molecule has 1 N–H and O–H groups in total. The molecule has 1 aromatic rings. The van der Waals surface area contributed by atoms with Gasteiger partial charge in [-0.3, -0.25) is 0 Å². The predicted octanol–water partition coefficient (Wildman–Crippen LogP) is 3.33. The first-order valence-electron chi connectivity index (χ1n) is 6.45. The van der Waals surface area contributed by atoms with Crippen LogP contribution in [-0.2, 0) is 0 Å². The van der Waals surface area contributed by atoms with Gasteiger partial charge in [0.05, 0.1) is 6.61 Å². The van der Waals surface area contributed by atoms with E-state index >= 15 is 0 Å². The molecule has 0 saturated carbocycles. The number of rotatable bonds is 8. The van der Waals surface area contributed by atoms with E-state index in [1.807, 2.05) is 6.92 Å². The molecule has 0 atom stereocenters. The number of hydrogen-bond acceptors (Lipinski definition) is 4. The van der Waals surface area contributed by atoms with Crippen molar-refractivity contribution in [3.8, 4) is 5.88 Å². The number of anilines is 1. The molecule has 102 valence electrons. The van der Waals surface area contributed by atoms with E-state index in [-0.39, 0.29) is 5.41 Å². The minimum atomic E-state index is 0.104. The molecule has 0 bridgehead atoms. The summed E-state index contributed by atoms with van der Waals surface area (Å²) in [6.45, 7) is 7.63. The average molecular weight is 272 g/mol. The molecule has 0 fully saturated rings. The summed E-state index contributed by atoms with van der Waals surface area (Å²) >= 11 is 6.07. The van der Waals surface area contributed by atoms with Gasteiger partial charge in [0.2, 0.25) is 11.8 Å². The highest BCUT2D eigenvalue weighted by Crippen LogP contribution is 2.28. The van der Waals surface area contributed by atoms with Crippen LogP contribution in [0.1, 0.15) is 33.6 Å². The summed E-state index contributed by atoms with van der Waals surface area (Å²) in [6.07, 6.45) is 3.76. The van der Waals surface area contributed by atoms with Crippen molar-refractivity contribution in [1.82, 2.24) is 9.97 Å². The third kappa shape index (κ3) is 4.02. The van der Waals surface area contributed by atoms with Gasteiger partial charge in [0.15, 0.2) is 0 Å². The van der Waals surface area contributed by atoms with Gasteiger partial charge in [0, 0.05) is 30.1 Å². The molecule has 0 amide bonds. The third-order valence-corrected chi connectivity index (χ3v) is 3.89. The van der Waals surface area contributed by atoms with E-state index in [0.29, 0.717) is 24.3 Å². The second-order valence-corrected chi connectivity index (χ2v) is 4.61. The standard InChI is InChI=1S/C13H22ClN3O/c1-4-13(5-2,9-14)10-16-12-15-8-7-11(17-12)18-6-3/h7-8H,4-6,9-10H2,1-3H3,(H,15,16,17). The fraction of sp³-hybridized carbons (Fsp3) is 0.692. The predicted molar refractivity (Wildman–Crippen MR) is 75.4 cm³/mol. The molecule has 1 rings (SSSR count). The van der Waals surface area contributed by atoms with Gasteiger partial charge < -0.3 is 10.1 Å². The maximum atomic E-state index is 6.07. The lowest BCUT2D eigenvalue weighted by Gasteiger charge is -2.29. The van der Waals surface area contributed by atoms with Gasteiger partial charge in [0.25, 0.3) is 0 Å². The summed E-state index contributed by atoms with van der Waals surface area (Å²) in [7, 11) is 0. The van der Waals surface area contributed by atoms with E-state index in [2.05, 4.69) is 29.1 Å². The maximum Gasteiger partial charge on any atom is 0.225 e. The molecule has 0 aliphatic carbocycles. The van der Waals surface area contributed by atoms with Crippen LogP contribution in [0.2, 0.25) is 0 Å². The quantitative estimate of drug-likeness (QED) is 0.737. The molecule has 18 heavy (non-hydrogen) atoms. The fourth-order valence-electron chi connectivity index (χ4n) is 1.66. The Hall–Kier alpha value is -1.03. The number of nitrogens with zero attached hydrogens (tertiary/aromatic N) is 2. The lowest BCUT2D eigenvalue weighted by molar-refractivity contribution is 0.321. The maximum absolute atomic E-state index is 6.07. The summed E-state index contributed by atoms with van der Waals surface area (Å²) in [5, 5.41) is 3.25. The largest absolute Gasteiger partial charge is 0.478 e. The molecular weight excluding hydrogens is 250 g/mol. The van der Waals surface area contributed by atoms with Crippen LogP contribution in [0.5, 0.6) is 5.88 Å². The Morgan fingerprint density at radius 3 is 2.61 bits per heavy atom. The van der Waals surface area contributed by atoms with Gasteiger partial charge in [-0.15, -0.1) is 11.6 Å². The highest BCUT2D eigenvalue weighted by molar-refractivity contribution is 6.18. The summed E-state index contributed by atoms with van der Waals surface area (Å²) in [5.41, 5.74) is 0.104. The first-order chi connectivity index (χ1) is 8.69. The first-order valence-corrected chi connectivity index (χ1v) is 6.98. The Morgan fingerprint density at radius 1 is 1.33 bits per heavy atom. The zero-order valence-corrected chi connectivity index (χ0v) is 12.1. The van der Waals surface area contributed by atoms with Gasteiger partial charge in [0.1, 0.15) is 0 Å². The van der Waals surface area contributed by atoms with E-state index in [1.165, 1.54) is 0 Å². The van der Waals surface area contributed by atoms with Gasteiger partial charge >= 0.3 is 0 Å². The molecule has 0 saturated heterocycles. The van der Waals surface area contributed by atoms with Gasteiger partial charge in [-0.1, -0.05) is 13.8 Å². The molecule has 0 unspecified atom stereocenters. The number of nitrogens with one attached hydrogen (secondary N) is 1. The zero-order valence-electron chi connectivity index (χ0n) is 11.4. The second-order valence-electron chi connectivity index (χ2n) is 4.35. The minimum absolute atomic E-state index is 0.104. The number of aromatic nitrogens is 2. The van der Waals surface area contributed by atoms with Crippen LogP contribution in [0.15, 0.2) is 12.3 Å². The topological polar surface area (TPSA) is 47.0 Å². The Kier molecular flexibility index (Phi) is 6.19. The van der Waals surface area contributed by atoms with Crippen molar-refractivity contribution < 1.29 is 4.74 Å². The average Bonchev–Trinajstić information content (AvgIpc) is 2.42. The minimum Gasteiger partial charge on any atom is -0.478 e. The number of halogens is 1. The van der Waals surface area contributed by atoms with E-state index in [4.69, 9.17) is 16.3 Å². The van der Waals surface area contributed by atoms with Crippen LogP contribution in [0.25, 0.3) is 0 Å². The summed E-state index contributed by atoms with van der Waals surface area (Å²) in [5.74, 6) is 1.83. The van der Waals surface area contributed by atoms with Crippen molar-refractivity contribution in [2.24, 2.45) is 5.41 Å². The van der Waals surface area contributed by atoms with Crippen LogP contribution < -0.4 is 10.1 Å². The SMILES string of the molecule is CCOc1ccnc(NCC(CC)(CC)CCl)n1. The Morgan fingerprint density at radius 2 is 2.06 bits per heavy atom. The highest BCUT2D eigenvalue weighted by atomic mass is 35.5. The van der Waals surface area contributed by atoms with E-state index in [0.717, 1.165) is 19.4 Å². The van der Waals surface area contributed by atoms with Gasteiger partial charge in [-0.05, 0) is 19.8 Å². The van der Waals surface area contributed by atoms with Crippen molar-refractivity contribution in [3.05, 3.63) is 12.3 Å². The normalized spacial score (nSPS) is 11.3. The van der Waals surface area contributed by atoms with Crippen LogP contribution in [-0.4, -0.2) is 29.0 Å². The Labute approximate surface area is 114 Å². The first kappa shape index (κ1) is 15.0. The van der Waals surface area contributed by atoms with Gasteiger partial charge in [-0.2, -0.15) is 4.98 Å². The van der Waals surface area contributed by atoms with Crippen molar-refractivity contribution >= 4 is 17.5 Å². The van der Waals surface area contributed by atoms with E-state index < -0.39 is 0 Å². The molecular formula is C13H22ClN3O. The summed E-state index contributed by atoms with van der Waals surface area (Å²) < 4.78 is 5.34. The lowest BCUT2D eigenvalue weighted by atomic mass is 9.84. The molecule has 0 aliphatic heterocycles. The van der Waals surface area contributed by atoms with Crippen LogP contribution in [0.3, 0.4) is 0 Å². The highest BCUT2D eigenvalue weighted by Gasteiger charge is 2.25. The number of hydrogen-bond donors (Lipinski definition) is 1. The molecule has 0 radical (unpaired) electrons. The van der Waals surface area contributed by atoms with Crippen molar-refractivity contribution in [1.29, 1.82) is 0 Å². The van der Waals surface area contributed by atoms with Crippen molar-refractivity contribution in [2.75, 3.05) is 24.3 Å². The number of ether oxygens (including phenoxy) is 1. The molecule has 1 aromatic heterocycles. The fourth-order valence-corrected chi connectivity index (χ4v) is 2.13. The van der Waals surface area contributed by atoms with E-state index in [9.17, 15) is 0 Å². The van der Waals surface area contributed by atoms with Crippen LogP contribution >= 0.6 is 11.6 Å². The lowest BCUT2D eigenvalue weighted by Crippen LogP contribution is -2.30. The van der Waals surface area contributed by atoms with Gasteiger partial charge in [-0.25, -0.2) is 4.98 Å². The molecule has 5 heteroatoms. The Bertz CT molecular complexity index is 348. The monoisotopic (exact) mass is 271 g/mol. The molecule has 1 heterocycles. The van der Waals surface area contributed by atoms with Crippen LogP contribution in [0.4, 0.5) is 5.95 Å². The summed E-state index contributed by atoms with van der Waals surface area (Å²) in [4.78, 5) is 8.46. The Balaban J connectivity index is 2.64. The van der Waals surface area contributed by atoms with E-state index in [1.54, 1.807) is 12.3 Å². The molecule has 0 aromatic carbocycles. The van der Waals surface area contributed by atoms with Crippen LogP contribution in [0, 0.1) is 5.41 Å². The molecule has 0 aliphatic rings. The zero-order chi connectivity index (χ0) is 13.4. The number of alkyl halides is 1. The smallest absolute Gasteiger partial charge is 0.225 e. The summed E-state index contributed by atoms with van der Waals surface area (Å²) in [6, 6.07) is 1.75. The molecule has 4 nitrogen and oxygen atoms in total. The second kappa shape index (κ2) is 7.41. The van der Waals surface area contributed by atoms with Crippen molar-refractivity contribution in [2.45, 2.75) is 33.6 Å². The van der Waals surface area contributed by atoms with Crippen molar-refractivity contribution in [3.63, 3.8) is 0 Å². The third-order valence-electron chi connectivity index (χ3n) is 3.33.